The first-order valence-electron chi connectivity index (χ1n) is 8.74. The van der Waals surface area contributed by atoms with E-state index in [0.29, 0.717) is 11.9 Å². The van der Waals surface area contributed by atoms with Gasteiger partial charge in [0, 0.05) is 6.07 Å². The second-order valence-electron chi connectivity index (χ2n) is 6.59. The van der Waals surface area contributed by atoms with E-state index < -0.39 is 0 Å². The van der Waals surface area contributed by atoms with Gasteiger partial charge in [-0.1, -0.05) is 32.1 Å². The molecule has 2 aliphatic rings. The van der Waals surface area contributed by atoms with Gasteiger partial charge in [0.15, 0.2) is 6.61 Å². The van der Waals surface area contributed by atoms with Crippen molar-refractivity contribution < 1.29 is 14.3 Å². The third-order valence-corrected chi connectivity index (χ3v) is 4.89. The van der Waals surface area contributed by atoms with Gasteiger partial charge < -0.3 is 10.1 Å². The molecule has 2 aliphatic carbocycles. The lowest BCUT2D eigenvalue weighted by molar-refractivity contribution is -0.152. The molecule has 0 aromatic carbocycles. The first-order chi connectivity index (χ1) is 11.2. The zero-order valence-electron chi connectivity index (χ0n) is 13.5. The van der Waals surface area contributed by atoms with Crippen molar-refractivity contribution in [2.24, 2.45) is 5.92 Å². The molecule has 1 N–H and O–H groups in total. The average Bonchev–Trinajstić information content (AvgIpc) is 3.24. The summed E-state index contributed by atoms with van der Waals surface area (Å²) in [5.74, 6) is 0.134. The fourth-order valence-corrected chi connectivity index (χ4v) is 3.62. The molecular weight excluding hydrogens is 294 g/mol. The minimum Gasteiger partial charge on any atom is -0.455 e. The zero-order chi connectivity index (χ0) is 16.1. The summed E-state index contributed by atoms with van der Waals surface area (Å²) in [6.07, 6.45) is 11.4. The Kier molecular flexibility index (Phi) is 5.31. The van der Waals surface area contributed by atoms with Crippen molar-refractivity contribution in [3.63, 3.8) is 0 Å². The van der Waals surface area contributed by atoms with Crippen LogP contribution < -0.4 is 5.32 Å². The molecule has 0 atom stereocenters. The van der Waals surface area contributed by atoms with Gasteiger partial charge in [-0.25, -0.2) is 4.68 Å². The molecule has 1 aromatic rings. The number of nitrogens with one attached hydrogen (secondary N) is 1. The number of carbonyl (C=O) groups is 2. The summed E-state index contributed by atoms with van der Waals surface area (Å²) in [7, 11) is 0. The molecule has 3 rings (SSSR count). The summed E-state index contributed by atoms with van der Waals surface area (Å²) in [5, 5.41) is 7.12. The van der Waals surface area contributed by atoms with Crippen LogP contribution in [0.15, 0.2) is 12.3 Å². The number of amides is 1. The third kappa shape index (κ3) is 4.12. The Hall–Kier alpha value is -1.85. The fraction of sp³-hybridized carbons (Fsp3) is 0.706. The summed E-state index contributed by atoms with van der Waals surface area (Å²) >= 11 is 0. The first-order valence-corrected chi connectivity index (χ1v) is 8.74. The standard InChI is InChI=1S/C17H25N3O3/c21-16(12-23-17(22)13-6-2-1-3-7-13)19-15-10-11-18-20(15)14-8-4-5-9-14/h10-11,13-14H,1-9,12H2,(H,19,21). The number of nitrogens with zero attached hydrogens (tertiary/aromatic N) is 2. The number of anilines is 1. The highest BCUT2D eigenvalue weighted by Gasteiger charge is 2.24. The Bertz CT molecular complexity index is 543. The lowest BCUT2D eigenvalue weighted by Crippen LogP contribution is -2.27. The number of hydrogen-bond acceptors (Lipinski definition) is 4. The monoisotopic (exact) mass is 319 g/mol. The molecule has 0 unspecified atom stereocenters. The van der Waals surface area contributed by atoms with Crippen molar-refractivity contribution >= 4 is 17.7 Å². The molecule has 0 aliphatic heterocycles. The van der Waals surface area contributed by atoms with E-state index >= 15 is 0 Å². The van der Waals surface area contributed by atoms with Crippen LogP contribution in [0, 0.1) is 5.92 Å². The van der Waals surface area contributed by atoms with Gasteiger partial charge in [-0.3, -0.25) is 9.59 Å². The molecule has 1 heterocycles. The highest BCUT2D eigenvalue weighted by Crippen LogP contribution is 2.31. The smallest absolute Gasteiger partial charge is 0.309 e. The van der Waals surface area contributed by atoms with Gasteiger partial charge in [0.1, 0.15) is 5.82 Å². The van der Waals surface area contributed by atoms with Gasteiger partial charge in [-0.05, 0) is 25.7 Å². The van der Waals surface area contributed by atoms with Crippen molar-refractivity contribution in [3.8, 4) is 0 Å². The molecule has 2 saturated carbocycles. The van der Waals surface area contributed by atoms with Gasteiger partial charge in [-0.2, -0.15) is 5.10 Å². The van der Waals surface area contributed by atoms with Crippen LogP contribution in [-0.2, 0) is 14.3 Å². The quantitative estimate of drug-likeness (QED) is 0.847. The van der Waals surface area contributed by atoms with Crippen LogP contribution in [-0.4, -0.2) is 28.3 Å². The maximum atomic E-state index is 12.0. The van der Waals surface area contributed by atoms with E-state index in [1.807, 2.05) is 4.68 Å². The maximum absolute atomic E-state index is 12.0. The second-order valence-corrected chi connectivity index (χ2v) is 6.59. The van der Waals surface area contributed by atoms with Crippen molar-refractivity contribution in [2.45, 2.75) is 63.8 Å². The van der Waals surface area contributed by atoms with Gasteiger partial charge in [0.05, 0.1) is 18.2 Å². The van der Waals surface area contributed by atoms with E-state index in [1.54, 1.807) is 12.3 Å². The van der Waals surface area contributed by atoms with Crippen molar-refractivity contribution in [3.05, 3.63) is 12.3 Å². The van der Waals surface area contributed by atoms with Crippen LogP contribution in [0.3, 0.4) is 0 Å². The Morgan fingerprint density at radius 3 is 2.57 bits per heavy atom. The van der Waals surface area contributed by atoms with Crippen molar-refractivity contribution in [1.29, 1.82) is 0 Å². The molecule has 0 radical (unpaired) electrons. The summed E-state index contributed by atoms with van der Waals surface area (Å²) in [5.41, 5.74) is 0. The number of esters is 1. The topological polar surface area (TPSA) is 73.2 Å². The number of rotatable bonds is 5. The van der Waals surface area contributed by atoms with Crippen LogP contribution >= 0.6 is 0 Å². The van der Waals surface area contributed by atoms with Crippen LogP contribution in [0.25, 0.3) is 0 Å². The van der Waals surface area contributed by atoms with E-state index in [2.05, 4.69) is 10.4 Å². The second kappa shape index (κ2) is 7.62. The van der Waals surface area contributed by atoms with Crippen LogP contribution in [0.1, 0.15) is 63.8 Å². The maximum Gasteiger partial charge on any atom is 0.309 e. The average molecular weight is 319 g/mol. The van der Waals surface area contributed by atoms with E-state index in [0.717, 1.165) is 38.5 Å². The van der Waals surface area contributed by atoms with E-state index in [-0.39, 0.29) is 24.4 Å². The van der Waals surface area contributed by atoms with Gasteiger partial charge in [0.2, 0.25) is 0 Å². The number of aromatic nitrogens is 2. The predicted molar refractivity (Wildman–Crippen MR) is 85.9 cm³/mol. The summed E-state index contributed by atoms with van der Waals surface area (Å²) in [6, 6.07) is 2.16. The van der Waals surface area contributed by atoms with Crippen LogP contribution in [0.4, 0.5) is 5.82 Å². The molecular formula is C17H25N3O3. The predicted octanol–water partition coefficient (Wildman–Crippen LogP) is 3.06. The first kappa shape index (κ1) is 16.0. The normalized spacial score (nSPS) is 19.7. The lowest BCUT2D eigenvalue weighted by atomic mass is 9.89. The molecule has 23 heavy (non-hydrogen) atoms. The third-order valence-electron chi connectivity index (χ3n) is 4.89. The van der Waals surface area contributed by atoms with Crippen molar-refractivity contribution in [1.82, 2.24) is 9.78 Å². The molecule has 0 bridgehead atoms. The fourth-order valence-electron chi connectivity index (χ4n) is 3.62. The summed E-state index contributed by atoms with van der Waals surface area (Å²) < 4.78 is 7.06. The molecule has 0 spiro atoms. The molecule has 2 fully saturated rings. The SMILES string of the molecule is O=C(COC(=O)C1CCCCC1)Nc1ccnn1C1CCCC1. The van der Waals surface area contributed by atoms with Crippen LogP contribution in [0.5, 0.6) is 0 Å². The highest BCUT2D eigenvalue weighted by molar-refractivity contribution is 5.92. The minimum atomic E-state index is -0.297. The Morgan fingerprint density at radius 1 is 1.13 bits per heavy atom. The van der Waals surface area contributed by atoms with E-state index in [1.165, 1.54) is 19.3 Å². The summed E-state index contributed by atoms with van der Waals surface area (Å²) in [4.78, 5) is 24.0. The molecule has 6 nitrogen and oxygen atoms in total. The van der Waals surface area contributed by atoms with Crippen molar-refractivity contribution in [2.75, 3.05) is 11.9 Å². The van der Waals surface area contributed by atoms with Gasteiger partial charge >= 0.3 is 5.97 Å². The Morgan fingerprint density at radius 2 is 1.83 bits per heavy atom. The molecule has 0 saturated heterocycles. The summed E-state index contributed by atoms with van der Waals surface area (Å²) in [6.45, 7) is -0.217. The van der Waals surface area contributed by atoms with E-state index in [4.69, 9.17) is 4.74 Å². The van der Waals surface area contributed by atoms with Crippen LogP contribution in [0.2, 0.25) is 0 Å². The van der Waals surface area contributed by atoms with E-state index in [9.17, 15) is 9.59 Å². The highest BCUT2D eigenvalue weighted by atomic mass is 16.5. The number of carbonyl (C=O) groups excluding carboxylic acids is 2. The molecule has 126 valence electrons. The zero-order valence-corrected chi connectivity index (χ0v) is 13.5. The number of ether oxygens (including phenoxy) is 1. The molecule has 1 amide bonds. The number of hydrogen-bond donors (Lipinski definition) is 1. The molecule has 6 heteroatoms. The Balaban J connectivity index is 1.47. The largest absolute Gasteiger partial charge is 0.455 e. The van der Waals surface area contributed by atoms with Gasteiger partial charge in [-0.15, -0.1) is 0 Å². The lowest BCUT2D eigenvalue weighted by Gasteiger charge is -2.20. The Labute approximate surface area is 136 Å². The minimum absolute atomic E-state index is 0.0273. The van der Waals surface area contributed by atoms with Gasteiger partial charge in [0.25, 0.3) is 5.91 Å². The molecule has 1 aromatic heterocycles.